The molecule has 3 rings (SSSR count). The van der Waals surface area contributed by atoms with E-state index in [1.807, 2.05) is 45.2 Å². The van der Waals surface area contributed by atoms with Crippen LogP contribution in [0.5, 0.6) is 5.75 Å². The lowest BCUT2D eigenvalue weighted by atomic mass is 10.1. The van der Waals surface area contributed by atoms with Crippen molar-refractivity contribution >= 4 is 69.1 Å². The van der Waals surface area contributed by atoms with Gasteiger partial charge in [0.05, 0.1) is 21.3 Å². The quantitative estimate of drug-likeness (QED) is 0.307. The lowest BCUT2D eigenvalue weighted by Gasteiger charge is -2.13. The third-order valence-electron chi connectivity index (χ3n) is 3.94. The van der Waals surface area contributed by atoms with E-state index >= 15 is 0 Å². The topological polar surface area (TPSA) is 116 Å². The first-order valence-corrected chi connectivity index (χ1v) is 10.3. The van der Waals surface area contributed by atoms with E-state index in [0.717, 1.165) is 0 Å². The van der Waals surface area contributed by atoms with Crippen LogP contribution in [0.4, 0.5) is 0 Å². The number of rotatable bonds is 5. The Kier molecular flexibility index (Phi) is 6.72. The molecule has 0 spiro atoms. The number of carboxylic acid groups (broad SMARTS) is 1. The molecular formula is C19H12I2O8. The van der Waals surface area contributed by atoms with Gasteiger partial charge in [-0.3, -0.25) is 0 Å². The minimum Gasteiger partial charge on any atom is -0.478 e. The monoisotopic (exact) mass is 622 g/mol. The van der Waals surface area contributed by atoms with Crippen molar-refractivity contribution in [2.45, 2.75) is 12.5 Å². The Morgan fingerprint density at radius 3 is 2.28 bits per heavy atom. The summed E-state index contributed by atoms with van der Waals surface area (Å²) >= 11 is 3.82. The van der Waals surface area contributed by atoms with E-state index in [1.54, 1.807) is 6.07 Å². The van der Waals surface area contributed by atoms with Gasteiger partial charge in [-0.15, -0.1) is 0 Å². The lowest BCUT2D eigenvalue weighted by Crippen LogP contribution is -2.24. The Labute approximate surface area is 191 Å². The number of carbonyl (C=O) groups excluding carboxylic acids is 3. The van der Waals surface area contributed by atoms with Crippen LogP contribution in [-0.4, -0.2) is 41.7 Å². The van der Waals surface area contributed by atoms with Gasteiger partial charge in [-0.25, -0.2) is 19.2 Å². The van der Waals surface area contributed by atoms with Crippen molar-refractivity contribution < 1.29 is 38.5 Å². The molecule has 10 heteroatoms. The number of cyclic esters (lactones) is 1. The molecule has 2 aromatic carbocycles. The second kappa shape index (κ2) is 9.07. The standard InChI is InChI=1S/C19H12I2O8/c20-9-7-12(16(22)23)15(13(21)8-9)29-18(25)11-4-2-1-3-10(11)17(24)28-14-5-6-27-19(14)26/h1-4,7-8,14H,5-6H2,(H,22,23). The molecule has 0 amide bonds. The predicted octanol–water partition coefficient (Wildman–Crippen LogP) is 3.29. The highest BCUT2D eigenvalue weighted by Gasteiger charge is 2.32. The summed E-state index contributed by atoms with van der Waals surface area (Å²) in [4.78, 5) is 48.3. The summed E-state index contributed by atoms with van der Waals surface area (Å²) in [6.07, 6.45) is -0.789. The SMILES string of the molecule is O=C(Oc1c(I)cc(I)cc1C(=O)O)c1ccccc1C(=O)OC1CCOC1=O. The number of benzene rings is 2. The molecule has 0 aromatic heterocycles. The average Bonchev–Trinajstić information content (AvgIpc) is 3.07. The maximum Gasteiger partial charge on any atom is 0.347 e. The van der Waals surface area contributed by atoms with Crippen LogP contribution in [0.3, 0.4) is 0 Å². The molecule has 2 aromatic rings. The molecule has 0 bridgehead atoms. The van der Waals surface area contributed by atoms with Gasteiger partial charge in [-0.2, -0.15) is 0 Å². The van der Waals surface area contributed by atoms with Gasteiger partial charge in [-0.1, -0.05) is 12.1 Å². The number of carbonyl (C=O) groups is 4. The zero-order valence-corrected chi connectivity index (χ0v) is 18.8. The maximum absolute atomic E-state index is 12.7. The van der Waals surface area contributed by atoms with E-state index in [-0.39, 0.29) is 35.5 Å². The fourth-order valence-corrected chi connectivity index (χ4v) is 4.54. The molecule has 8 nitrogen and oxygen atoms in total. The summed E-state index contributed by atoms with van der Waals surface area (Å²) in [6.45, 7) is 0.156. The van der Waals surface area contributed by atoms with E-state index in [4.69, 9.17) is 14.2 Å². The highest BCUT2D eigenvalue weighted by molar-refractivity contribution is 14.1. The molecule has 1 N–H and O–H groups in total. The van der Waals surface area contributed by atoms with Gasteiger partial charge in [0, 0.05) is 9.99 Å². The molecule has 1 fully saturated rings. The van der Waals surface area contributed by atoms with Gasteiger partial charge in [0.1, 0.15) is 5.56 Å². The third-order valence-corrected chi connectivity index (χ3v) is 5.36. The van der Waals surface area contributed by atoms with Crippen molar-refractivity contribution in [3.63, 3.8) is 0 Å². The Morgan fingerprint density at radius 2 is 1.69 bits per heavy atom. The summed E-state index contributed by atoms with van der Waals surface area (Å²) in [5, 5.41) is 9.41. The number of halogens is 2. The summed E-state index contributed by atoms with van der Waals surface area (Å²) < 4.78 is 16.3. The van der Waals surface area contributed by atoms with Crippen LogP contribution >= 0.6 is 45.2 Å². The fraction of sp³-hybridized carbons (Fsp3) is 0.158. The normalized spacial score (nSPS) is 15.5. The molecule has 1 heterocycles. The summed E-state index contributed by atoms with van der Waals surface area (Å²) in [6, 6.07) is 8.79. The number of aromatic carboxylic acids is 1. The second-order valence-electron chi connectivity index (χ2n) is 5.85. The number of hydrogen-bond donors (Lipinski definition) is 1. The zero-order valence-electron chi connectivity index (χ0n) is 14.5. The van der Waals surface area contributed by atoms with Crippen LogP contribution in [0.15, 0.2) is 36.4 Å². The highest BCUT2D eigenvalue weighted by Crippen LogP contribution is 2.30. The highest BCUT2D eigenvalue weighted by atomic mass is 127. The van der Waals surface area contributed by atoms with Gasteiger partial charge < -0.3 is 19.3 Å². The molecule has 0 aliphatic carbocycles. The number of ether oxygens (including phenoxy) is 3. The van der Waals surface area contributed by atoms with Gasteiger partial charge in [0.15, 0.2) is 5.75 Å². The zero-order chi connectivity index (χ0) is 21.1. The first-order chi connectivity index (χ1) is 13.8. The van der Waals surface area contributed by atoms with Crippen molar-refractivity contribution in [3.8, 4) is 5.75 Å². The molecule has 1 atom stereocenters. The van der Waals surface area contributed by atoms with Crippen molar-refractivity contribution in [3.05, 3.63) is 60.2 Å². The molecule has 1 aliphatic heterocycles. The van der Waals surface area contributed by atoms with Crippen molar-refractivity contribution in [2.75, 3.05) is 6.61 Å². The van der Waals surface area contributed by atoms with Gasteiger partial charge in [-0.05, 0) is 69.4 Å². The molecular weight excluding hydrogens is 610 g/mol. The van der Waals surface area contributed by atoms with Crippen LogP contribution in [-0.2, 0) is 14.3 Å². The maximum atomic E-state index is 12.7. The molecule has 1 saturated heterocycles. The fourth-order valence-electron chi connectivity index (χ4n) is 2.59. The second-order valence-corrected chi connectivity index (χ2v) is 8.26. The number of hydrogen-bond acceptors (Lipinski definition) is 7. The molecule has 1 aliphatic rings. The van der Waals surface area contributed by atoms with Gasteiger partial charge >= 0.3 is 23.9 Å². The van der Waals surface area contributed by atoms with Crippen molar-refractivity contribution in [1.82, 2.24) is 0 Å². The van der Waals surface area contributed by atoms with Crippen LogP contribution < -0.4 is 4.74 Å². The van der Waals surface area contributed by atoms with E-state index in [0.29, 0.717) is 7.14 Å². The molecule has 0 saturated carbocycles. The summed E-state index contributed by atoms with van der Waals surface area (Å²) in [5.74, 6) is -3.81. The third kappa shape index (κ3) is 4.86. The minimum atomic E-state index is -1.25. The van der Waals surface area contributed by atoms with E-state index in [1.165, 1.54) is 30.3 Å². The van der Waals surface area contributed by atoms with Gasteiger partial charge in [0.25, 0.3) is 0 Å². The van der Waals surface area contributed by atoms with Crippen LogP contribution in [0, 0.1) is 7.14 Å². The Hall–Kier alpha value is -2.22. The Morgan fingerprint density at radius 1 is 1.03 bits per heavy atom. The van der Waals surface area contributed by atoms with Crippen LogP contribution in [0.2, 0.25) is 0 Å². The molecule has 150 valence electrons. The van der Waals surface area contributed by atoms with Crippen molar-refractivity contribution in [2.24, 2.45) is 0 Å². The predicted molar refractivity (Wildman–Crippen MR) is 115 cm³/mol. The number of carboxylic acids is 1. The lowest BCUT2D eigenvalue weighted by molar-refractivity contribution is -0.145. The van der Waals surface area contributed by atoms with E-state index in [9.17, 15) is 24.3 Å². The van der Waals surface area contributed by atoms with Crippen LogP contribution in [0.1, 0.15) is 37.5 Å². The van der Waals surface area contributed by atoms with E-state index < -0.39 is 30.0 Å². The number of esters is 3. The molecule has 29 heavy (non-hydrogen) atoms. The first kappa shape index (κ1) is 21.5. The van der Waals surface area contributed by atoms with Crippen molar-refractivity contribution in [1.29, 1.82) is 0 Å². The first-order valence-electron chi connectivity index (χ1n) is 8.19. The summed E-state index contributed by atoms with van der Waals surface area (Å²) in [5.41, 5.74) is -0.396. The minimum absolute atomic E-state index is 0.102. The summed E-state index contributed by atoms with van der Waals surface area (Å²) in [7, 11) is 0. The largest absolute Gasteiger partial charge is 0.478 e. The Bertz CT molecular complexity index is 1020. The molecule has 0 radical (unpaired) electrons. The van der Waals surface area contributed by atoms with Crippen LogP contribution in [0.25, 0.3) is 0 Å². The van der Waals surface area contributed by atoms with E-state index in [2.05, 4.69) is 0 Å². The van der Waals surface area contributed by atoms with Gasteiger partial charge in [0.2, 0.25) is 6.10 Å². The average molecular weight is 622 g/mol. The molecule has 1 unspecified atom stereocenters. The Balaban J connectivity index is 1.89. The smallest absolute Gasteiger partial charge is 0.347 e.